The van der Waals surface area contributed by atoms with Gasteiger partial charge < -0.3 is 5.73 Å². The number of halogens is 1. The molecule has 1 aliphatic heterocycles. The standard InChI is InChI=1S/C17H23FN4/c1-17(2)11-22(8-7-15(17)19)10-12-9-20-21-16(12)13-5-3-4-6-14(13)18/h3-6,9,15H,7-8,10-11,19H2,1-2H3,(H,20,21). The van der Waals surface area contributed by atoms with E-state index in [0.29, 0.717) is 5.56 Å². The van der Waals surface area contributed by atoms with Gasteiger partial charge in [-0.2, -0.15) is 5.10 Å². The lowest BCUT2D eigenvalue weighted by molar-refractivity contribution is 0.0900. The summed E-state index contributed by atoms with van der Waals surface area (Å²) in [4.78, 5) is 2.37. The third kappa shape index (κ3) is 2.91. The number of rotatable bonds is 3. The van der Waals surface area contributed by atoms with Gasteiger partial charge in [0.25, 0.3) is 0 Å². The highest BCUT2D eigenvalue weighted by Crippen LogP contribution is 2.30. The van der Waals surface area contributed by atoms with E-state index in [0.717, 1.165) is 37.3 Å². The molecule has 1 atom stereocenters. The summed E-state index contributed by atoms with van der Waals surface area (Å²) in [5.74, 6) is -0.228. The molecule has 118 valence electrons. The molecule has 1 saturated heterocycles. The zero-order chi connectivity index (χ0) is 15.7. The van der Waals surface area contributed by atoms with Gasteiger partial charge in [0.1, 0.15) is 5.82 Å². The van der Waals surface area contributed by atoms with Crippen LogP contribution in [0.1, 0.15) is 25.8 Å². The highest BCUT2D eigenvalue weighted by Gasteiger charge is 2.33. The number of likely N-dealkylation sites (tertiary alicyclic amines) is 1. The number of nitrogens with one attached hydrogen (secondary N) is 1. The molecule has 0 saturated carbocycles. The summed E-state index contributed by atoms with van der Waals surface area (Å²) in [6.45, 7) is 7.08. The molecule has 0 aliphatic carbocycles. The first kappa shape index (κ1) is 15.2. The van der Waals surface area contributed by atoms with Crippen molar-refractivity contribution in [3.05, 3.63) is 41.8 Å². The fourth-order valence-corrected chi connectivity index (χ4v) is 3.19. The normalized spacial score (nSPS) is 21.9. The van der Waals surface area contributed by atoms with E-state index in [2.05, 4.69) is 28.9 Å². The van der Waals surface area contributed by atoms with Gasteiger partial charge in [0.05, 0.1) is 11.9 Å². The van der Waals surface area contributed by atoms with Crippen LogP contribution in [-0.4, -0.2) is 34.2 Å². The second-order valence-corrected chi connectivity index (χ2v) is 6.84. The van der Waals surface area contributed by atoms with E-state index < -0.39 is 0 Å². The van der Waals surface area contributed by atoms with E-state index in [1.807, 2.05) is 6.07 Å². The van der Waals surface area contributed by atoms with Gasteiger partial charge in [-0.1, -0.05) is 26.0 Å². The minimum absolute atomic E-state index is 0.0974. The third-order valence-corrected chi connectivity index (χ3v) is 4.65. The molecule has 0 bridgehead atoms. The van der Waals surface area contributed by atoms with Gasteiger partial charge in [-0.05, 0) is 24.0 Å². The van der Waals surface area contributed by atoms with Crippen LogP contribution in [0.25, 0.3) is 11.3 Å². The molecule has 22 heavy (non-hydrogen) atoms. The Morgan fingerprint density at radius 2 is 2.18 bits per heavy atom. The molecule has 3 N–H and O–H groups in total. The smallest absolute Gasteiger partial charge is 0.132 e. The predicted molar refractivity (Wildman–Crippen MR) is 85.6 cm³/mol. The average molecular weight is 302 g/mol. The molecule has 0 amide bonds. The highest BCUT2D eigenvalue weighted by atomic mass is 19.1. The Labute approximate surface area is 130 Å². The van der Waals surface area contributed by atoms with Crippen LogP contribution in [0.2, 0.25) is 0 Å². The van der Waals surface area contributed by atoms with Crippen LogP contribution in [0, 0.1) is 11.2 Å². The van der Waals surface area contributed by atoms with Crippen molar-refractivity contribution in [1.29, 1.82) is 0 Å². The van der Waals surface area contributed by atoms with E-state index in [-0.39, 0.29) is 17.3 Å². The second kappa shape index (κ2) is 5.82. The topological polar surface area (TPSA) is 57.9 Å². The summed E-state index contributed by atoms with van der Waals surface area (Å²) in [6.07, 6.45) is 2.78. The van der Waals surface area contributed by atoms with Gasteiger partial charge in [0.2, 0.25) is 0 Å². The zero-order valence-electron chi connectivity index (χ0n) is 13.1. The van der Waals surface area contributed by atoms with E-state index >= 15 is 0 Å². The maximum Gasteiger partial charge on any atom is 0.132 e. The second-order valence-electron chi connectivity index (χ2n) is 6.84. The molecule has 3 rings (SSSR count). The van der Waals surface area contributed by atoms with Crippen molar-refractivity contribution in [3.8, 4) is 11.3 Å². The number of hydrogen-bond donors (Lipinski definition) is 2. The Morgan fingerprint density at radius 1 is 1.41 bits per heavy atom. The third-order valence-electron chi connectivity index (χ3n) is 4.65. The fraction of sp³-hybridized carbons (Fsp3) is 0.471. The lowest BCUT2D eigenvalue weighted by atomic mass is 9.79. The summed E-state index contributed by atoms with van der Waals surface area (Å²) in [7, 11) is 0. The summed E-state index contributed by atoms with van der Waals surface area (Å²) in [5, 5.41) is 7.05. The van der Waals surface area contributed by atoms with Gasteiger partial charge in [-0.25, -0.2) is 4.39 Å². The van der Waals surface area contributed by atoms with Crippen LogP contribution < -0.4 is 5.73 Å². The molecule has 1 aromatic carbocycles. The van der Waals surface area contributed by atoms with Crippen molar-refractivity contribution in [2.24, 2.45) is 11.1 Å². The van der Waals surface area contributed by atoms with Crippen molar-refractivity contribution >= 4 is 0 Å². The van der Waals surface area contributed by atoms with Crippen LogP contribution in [-0.2, 0) is 6.54 Å². The van der Waals surface area contributed by atoms with E-state index in [4.69, 9.17) is 5.73 Å². The summed E-state index contributed by atoms with van der Waals surface area (Å²) in [6, 6.07) is 7.03. The molecule has 2 heterocycles. The molecule has 4 nitrogen and oxygen atoms in total. The van der Waals surface area contributed by atoms with Gasteiger partial charge in [0.15, 0.2) is 0 Å². The van der Waals surface area contributed by atoms with Gasteiger partial charge >= 0.3 is 0 Å². The van der Waals surface area contributed by atoms with E-state index in [1.165, 1.54) is 6.07 Å². The predicted octanol–water partition coefficient (Wildman–Crippen LogP) is 2.78. The summed E-state index contributed by atoms with van der Waals surface area (Å²) in [5.41, 5.74) is 8.66. The molecule has 1 aromatic heterocycles. The lowest BCUT2D eigenvalue weighted by Crippen LogP contribution is -2.52. The molecule has 0 radical (unpaired) electrons. The number of hydrogen-bond acceptors (Lipinski definition) is 3. The quantitative estimate of drug-likeness (QED) is 0.916. The van der Waals surface area contributed by atoms with Crippen molar-refractivity contribution in [1.82, 2.24) is 15.1 Å². The number of H-pyrrole nitrogens is 1. The first-order valence-corrected chi connectivity index (χ1v) is 7.72. The van der Waals surface area contributed by atoms with Crippen molar-refractivity contribution < 1.29 is 4.39 Å². The van der Waals surface area contributed by atoms with Crippen LogP contribution in [0.15, 0.2) is 30.5 Å². The Hall–Kier alpha value is -1.72. The van der Waals surface area contributed by atoms with Gasteiger partial charge in [-0.15, -0.1) is 0 Å². The van der Waals surface area contributed by atoms with Crippen LogP contribution >= 0.6 is 0 Å². The minimum Gasteiger partial charge on any atom is -0.327 e. The Kier molecular flexibility index (Phi) is 4.02. The molecule has 1 unspecified atom stereocenters. The number of nitrogens with two attached hydrogens (primary N) is 1. The summed E-state index contributed by atoms with van der Waals surface area (Å²) < 4.78 is 14.0. The van der Waals surface area contributed by atoms with Crippen LogP contribution in [0.3, 0.4) is 0 Å². The molecule has 1 aliphatic rings. The van der Waals surface area contributed by atoms with Gasteiger partial charge in [0, 0.05) is 36.8 Å². The van der Waals surface area contributed by atoms with E-state index in [9.17, 15) is 4.39 Å². The Bertz CT molecular complexity index is 650. The van der Waals surface area contributed by atoms with Crippen LogP contribution in [0.4, 0.5) is 4.39 Å². The molecular formula is C17H23FN4. The first-order chi connectivity index (χ1) is 10.5. The largest absolute Gasteiger partial charge is 0.327 e. The SMILES string of the molecule is CC1(C)CN(Cc2cn[nH]c2-c2ccccc2F)CCC1N. The van der Waals surface area contributed by atoms with E-state index in [1.54, 1.807) is 18.3 Å². The van der Waals surface area contributed by atoms with Crippen LogP contribution in [0.5, 0.6) is 0 Å². The monoisotopic (exact) mass is 302 g/mol. The number of aromatic amines is 1. The van der Waals surface area contributed by atoms with Crippen molar-refractivity contribution in [3.63, 3.8) is 0 Å². The Morgan fingerprint density at radius 3 is 2.91 bits per heavy atom. The minimum atomic E-state index is -0.228. The molecule has 1 fully saturated rings. The number of aromatic nitrogens is 2. The first-order valence-electron chi connectivity index (χ1n) is 7.72. The average Bonchev–Trinajstić information content (AvgIpc) is 2.91. The maximum absolute atomic E-state index is 14.0. The number of piperidine rings is 1. The molecular weight excluding hydrogens is 279 g/mol. The maximum atomic E-state index is 14.0. The number of nitrogens with zero attached hydrogens (tertiary/aromatic N) is 2. The fourth-order valence-electron chi connectivity index (χ4n) is 3.19. The molecule has 0 spiro atoms. The lowest BCUT2D eigenvalue weighted by Gasteiger charge is -2.42. The summed E-state index contributed by atoms with van der Waals surface area (Å²) >= 11 is 0. The Balaban J connectivity index is 1.81. The van der Waals surface area contributed by atoms with Crippen molar-refractivity contribution in [2.75, 3.05) is 13.1 Å². The number of benzene rings is 1. The molecule has 5 heteroatoms. The zero-order valence-corrected chi connectivity index (χ0v) is 13.1. The molecule has 2 aromatic rings. The van der Waals surface area contributed by atoms with Crippen molar-refractivity contribution in [2.45, 2.75) is 32.9 Å². The highest BCUT2D eigenvalue weighted by molar-refractivity contribution is 5.63. The van der Waals surface area contributed by atoms with Gasteiger partial charge in [-0.3, -0.25) is 10.00 Å².